The smallest absolute Gasteiger partial charge is 0.310 e. The van der Waals surface area contributed by atoms with Crippen molar-refractivity contribution in [1.29, 1.82) is 0 Å². The highest BCUT2D eigenvalue weighted by Gasteiger charge is 2.11. The van der Waals surface area contributed by atoms with Gasteiger partial charge in [-0.2, -0.15) is 0 Å². The third kappa shape index (κ3) is 2.88. The van der Waals surface area contributed by atoms with E-state index in [9.17, 15) is 4.79 Å². The predicted octanol–water partition coefficient (Wildman–Crippen LogP) is 4.74. The van der Waals surface area contributed by atoms with E-state index in [2.05, 4.69) is 22.5 Å². The van der Waals surface area contributed by atoms with Crippen LogP contribution in [0.25, 0.3) is 21.0 Å². The molecule has 0 saturated carbocycles. The van der Waals surface area contributed by atoms with E-state index in [1.165, 1.54) is 4.70 Å². The highest BCUT2D eigenvalue weighted by atomic mass is 32.1. The van der Waals surface area contributed by atoms with E-state index >= 15 is 0 Å². The first-order valence-corrected chi connectivity index (χ1v) is 8.62. The van der Waals surface area contributed by atoms with Gasteiger partial charge in [-0.15, -0.1) is 11.3 Å². The van der Waals surface area contributed by atoms with Crippen LogP contribution in [0.1, 0.15) is 11.1 Å². The van der Waals surface area contributed by atoms with Gasteiger partial charge in [0.05, 0.1) is 11.9 Å². The molecule has 2 aromatic carbocycles. The van der Waals surface area contributed by atoms with Gasteiger partial charge >= 0.3 is 5.97 Å². The average Bonchev–Trinajstić information content (AvgIpc) is 3.04. The molecule has 0 bridgehead atoms. The number of pyridine rings is 1. The van der Waals surface area contributed by atoms with Gasteiger partial charge in [-0.1, -0.05) is 42.5 Å². The molecule has 0 amide bonds. The lowest BCUT2D eigenvalue weighted by atomic mass is 10.1. The molecule has 0 N–H and O–H groups in total. The van der Waals surface area contributed by atoms with Crippen molar-refractivity contribution in [1.82, 2.24) is 4.98 Å². The van der Waals surface area contributed by atoms with E-state index in [0.717, 1.165) is 27.4 Å². The van der Waals surface area contributed by atoms with Gasteiger partial charge in [0, 0.05) is 21.8 Å². The zero-order valence-electron chi connectivity index (χ0n) is 12.9. The molecule has 2 aromatic heterocycles. The summed E-state index contributed by atoms with van der Waals surface area (Å²) in [7, 11) is 0. The molecular weight excluding hydrogens is 318 g/mol. The molecule has 3 nitrogen and oxygen atoms in total. The van der Waals surface area contributed by atoms with Crippen molar-refractivity contribution in [2.45, 2.75) is 13.0 Å². The van der Waals surface area contributed by atoms with Crippen LogP contribution in [-0.4, -0.2) is 11.0 Å². The normalized spacial score (nSPS) is 11.0. The van der Waals surface area contributed by atoms with Gasteiger partial charge in [-0.05, 0) is 28.5 Å². The molecule has 0 atom stereocenters. The highest BCUT2D eigenvalue weighted by molar-refractivity contribution is 7.17. The SMILES string of the molecule is O=C(Cc1cccc2cccnc12)OCc1csc2ccccc12. The summed E-state index contributed by atoms with van der Waals surface area (Å²) in [4.78, 5) is 16.6. The van der Waals surface area contributed by atoms with Crippen molar-refractivity contribution >= 4 is 38.3 Å². The number of hydrogen-bond donors (Lipinski definition) is 0. The molecule has 2 heterocycles. The topological polar surface area (TPSA) is 39.2 Å². The number of carbonyl (C=O) groups is 1. The van der Waals surface area contributed by atoms with Crippen molar-refractivity contribution in [3.05, 3.63) is 77.3 Å². The number of rotatable bonds is 4. The first-order valence-electron chi connectivity index (χ1n) is 7.74. The van der Waals surface area contributed by atoms with Gasteiger partial charge in [-0.25, -0.2) is 0 Å². The summed E-state index contributed by atoms with van der Waals surface area (Å²) in [6.07, 6.45) is 1.98. The minimum atomic E-state index is -0.233. The van der Waals surface area contributed by atoms with Gasteiger partial charge in [0.15, 0.2) is 0 Å². The molecule has 0 unspecified atom stereocenters. The van der Waals surface area contributed by atoms with Crippen LogP contribution in [-0.2, 0) is 22.6 Å². The third-order valence-corrected chi connectivity index (χ3v) is 5.01. The molecule has 118 valence electrons. The van der Waals surface area contributed by atoms with Gasteiger partial charge in [-0.3, -0.25) is 9.78 Å². The number of carbonyl (C=O) groups excluding carboxylic acids is 1. The van der Waals surface area contributed by atoms with Crippen LogP contribution in [0.15, 0.2) is 66.2 Å². The fourth-order valence-electron chi connectivity index (χ4n) is 2.82. The average molecular weight is 333 g/mol. The summed E-state index contributed by atoms with van der Waals surface area (Å²) < 4.78 is 6.70. The van der Waals surface area contributed by atoms with Crippen LogP contribution in [0.3, 0.4) is 0 Å². The zero-order valence-corrected chi connectivity index (χ0v) is 13.8. The number of para-hydroxylation sites is 1. The Kier molecular flexibility index (Phi) is 3.97. The lowest BCUT2D eigenvalue weighted by Gasteiger charge is -2.06. The lowest BCUT2D eigenvalue weighted by molar-refractivity contribution is -0.144. The first kappa shape index (κ1) is 14.8. The number of thiophene rings is 1. The van der Waals surface area contributed by atoms with E-state index in [1.807, 2.05) is 42.5 Å². The Labute approximate surface area is 143 Å². The maximum Gasteiger partial charge on any atom is 0.310 e. The van der Waals surface area contributed by atoms with Crippen molar-refractivity contribution in [2.75, 3.05) is 0 Å². The van der Waals surface area contributed by atoms with E-state index in [-0.39, 0.29) is 12.4 Å². The quantitative estimate of drug-likeness (QED) is 0.507. The van der Waals surface area contributed by atoms with E-state index in [4.69, 9.17) is 4.74 Å². The Hall–Kier alpha value is -2.72. The first-order chi connectivity index (χ1) is 11.8. The third-order valence-electron chi connectivity index (χ3n) is 4.00. The summed E-state index contributed by atoms with van der Waals surface area (Å²) >= 11 is 1.67. The van der Waals surface area contributed by atoms with Crippen LogP contribution < -0.4 is 0 Å². The highest BCUT2D eigenvalue weighted by Crippen LogP contribution is 2.26. The van der Waals surface area contributed by atoms with Crippen LogP contribution in [0.5, 0.6) is 0 Å². The number of aromatic nitrogens is 1. The monoisotopic (exact) mass is 333 g/mol. The molecule has 0 aliphatic rings. The lowest BCUT2D eigenvalue weighted by Crippen LogP contribution is -2.08. The standard InChI is InChI=1S/C20H15NO2S/c22-19(11-15-6-3-5-14-7-4-10-21-20(14)15)23-12-16-13-24-18-9-2-1-8-17(16)18/h1-10,13H,11-12H2. The van der Waals surface area contributed by atoms with Gasteiger partial charge < -0.3 is 4.74 Å². The Morgan fingerprint density at radius 2 is 1.88 bits per heavy atom. The number of benzene rings is 2. The van der Waals surface area contributed by atoms with Crippen molar-refractivity contribution in [3.63, 3.8) is 0 Å². The van der Waals surface area contributed by atoms with Gasteiger partial charge in [0.2, 0.25) is 0 Å². The molecule has 0 aliphatic heterocycles. The fraction of sp³-hybridized carbons (Fsp3) is 0.100. The second-order valence-electron chi connectivity index (χ2n) is 5.59. The Morgan fingerprint density at radius 3 is 2.83 bits per heavy atom. The molecular formula is C20H15NO2S. The second-order valence-corrected chi connectivity index (χ2v) is 6.50. The summed E-state index contributed by atoms with van der Waals surface area (Å²) in [5.41, 5.74) is 2.81. The summed E-state index contributed by atoms with van der Waals surface area (Å²) in [5, 5.41) is 4.24. The minimum Gasteiger partial charge on any atom is -0.461 e. The van der Waals surface area contributed by atoms with Crippen molar-refractivity contribution < 1.29 is 9.53 Å². The molecule has 0 fully saturated rings. The van der Waals surface area contributed by atoms with Crippen molar-refractivity contribution in [3.8, 4) is 0 Å². The van der Waals surface area contributed by atoms with E-state index in [0.29, 0.717) is 6.61 Å². The summed E-state index contributed by atoms with van der Waals surface area (Å²) in [6, 6.07) is 17.9. The Bertz CT molecular complexity index is 1020. The summed E-state index contributed by atoms with van der Waals surface area (Å²) in [5.74, 6) is -0.233. The number of esters is 1. The number of nitrogens with zero attached hydrogens (tertiary/aromatic N) is 1. The van der Waals surface area contributed by atoms with Crippen LogP contribution in [0, 0.1) is 0 Å². The van der Waals surface area contributed by atoms with Crippen LogP contribution in [0.4, 0.5) is 0 Å². The largest absolute Gasteiger partial charge is 0.461 e. The van der Waals surface area contributed by atoms with E-state index in [1.54, 1.807) is 17.5 Å². The van der Waals surface area contributed by atoms with Crippen LogP contribution >= 0.6 is 11.3 Å². The number of ether oxygens (including phenoxy) is 1. The maximum absolute atomic E-state index is 12.2. The van der Waals surface area contributed by atoms with Gasteiger partial charge in [0.1, 0.15) is 6.61 Å². The fourth-order valence-corrected chi connectivity index (χ4v) is 3.77. The van der Waals surface area contributed by atoms with E-state index < -0.39 is 0 Å². The zero-order chi connectivity index (χ0) is 16.4. The molecule has 0 radical (unpaired) electrons. The Balaban J connectivity index is 1.48. The maximum atomic E-state index is 12.2. The molecule has 4 rings (SSSR count). The predicted molar refractivity (Wildman–Crippen MR) is 97.1 cm³/mol. The van der Waals surface area contributed by atoms with Gasteiger partial charge in [0.25, 0.3) is 0 Å². The second kappa shape index (κ2) is 6.42. The Morgan fingerprint density at radius 1 is 1.00 bits per heavy atom. The molecule has 24 heavy (non-hydrogen) atoms. The molecule has 4 heteroatoms. The summed E-state index contributed by atoms with van der Waals surface area (Å²) in [6.45, 7) is 0.307. The molecule has 0 saturated heterocycles. The molecule has 0 spiro atoms. The van der Waals surface area contributed by atoms with Crippen molar-refractivity contribution in [2.24, 2.45) is 0 Å². The van der Waals surface area contributed by atoms with Crippen LogP contribution in [0.2, 0.25) is 0 Å². The number of fused-ring (bicyclic) bond motifs is 2. The number of hydrogen-bond acceptors (Lipinski definition) is 4. The molecule has 4 aromatic rings. The molecule has 0 aliphatic carbocycles. The minimum absolute atomic E-state index is 0.233.